The highest BCUT2D eigenvalue weighted by Gasteiger charge is 2.30. The number of alkyl halides is 3. The number of rotatable bonds is 4. The van der Waals surface area contributed by atoms with Gasteiger partial charge >= 0.3 is 6.18 Å². The number of aromatic nitrogens is 1. The lowest BCUT2D eigenvalue weighted by Gasteiger charge is -2.07. The van der Waals surface area contributed by atoms with E-state index in [0.717, 1.165) is 17.8 Å². The molecule has 2 nitrogen and oxygen atoms in total. The average Bonchev–Trinajstić information content (AvgIpc) is 2.39. The topological polar surface area (TPSA) is 24.9 Å². The Hall–Kier alpha value is -1.88. The number of nitrogens with one attached hydrogen (secondary N) is 1. The molecule has 0 aliphatic heterocycles. The lowest BCUT2D eigenvalue weighted by Crippen LogP contribution is -2.14. The predicted octanol–water partition coefficient (Wildman–Crippen LogP) is 3.39. The molecule has 0 bridgehead atoms. The summed E-state index contributed by atoms with van der Waals surface area (Å²) < 4.78 is 37.0. The van der Waals surface area contributed by atoms with Crippen molar-refractivity contribution in [1.82, 2.24) is 10.3 Å². The molecule has 0 amide bonds. The second-order valence-electron chi connectivity index (χ2n) is 4.13. The van der Waals surface area contributed by atoms with Crippen LogP contribution in [0.25, 0.3) is 0 Å². The van der Waals surface area contributed by atoms with Gasteiger partial charge in [-0.2, -0.15) is 13.2 Å². The van der Waals surface area contributed by atoms with E-state index in [2.05, 4.69) is 10.3 Å². The number of hydrogen-bond donors (Lipinski definition) is 1. The first-order valence-corrected chi connectivity index (χ1v) is 5.82. The molecular weight excluding hydrogens is 253 g/mol. The first-order valence-electron chi connectivity index (χ1n) is 5.82. The molecule has 0 radical (unpaired) electrons. The Labute approximate surface area is 109 Å². The van der Waals surface area contributed by atoms with Gasteiger partial charge in [-0.25, -0.2) is 0 Å². The molecule has 1 aromatic heterocycles. The first-order chi connectivity index (χ1) is 9.05. The van der Waals surface area contributed by atoms with Crippen LogP contribution < -0.4 is 5.32 Å². The summed E-state index contributed by atoms with van der Waals surface area (Å²) >= 11 is 0. The summed E-state index contributed by atoms with van der Waals surface area (Å²) in [6.07, 6.45) is -3.47. The minimum Gasteiger partial charge on any atom is -0.307 e. The molecule has 1 aromatic carbocycles. The summed E-state index contributed by atoms with van der Waals surface area (Å²) in [5.41, 5.74) is 0.984. The SMILES string of the molecule is FC(F)(F)c1ccc(CNCc2ccccc2)nc1. The van der Waals surface area contributed by atoms with E-state index in [1.165, 1.54) is 6.07 Å². The van der Waals surface area contributed by atoms with Gasteiger partial charge in [0.15, 0.2) is 0 Å². The molecule has 0 saturated carbocycles. The van der Waals surface area contributed by atoms with Crippen molar-refractivity contribution in [1.29, 1.82) is 0 Å². The molecule has 0 atom stereocenters. The van der Waals surface area contributed by atoms with Crippen molar-refractivity contribution in [3.8, 4) is 0 Å². The molecule has 0 spiro atoms. The monoisotopic (exact) mass is 266 g/mol. The average molecular weight is 266 g/mol. The minimum absolute atomic E-state index is 0.438. The Bertz CT molecular complexity index is 506. The van der Waals surface area contributed by atoms with E-state index in [1.807, 2.05) is 30.3 Å². The lowest BCUT2D eigenvalue weighted by atomic mass is 10.2. The van der Waals surface area contributed by atoms with Crippen LogP contribution in [0.5, 0.6) is 0 Å². The van der Waals surface area contributed by atoms with E-state index in [9.17, 15) is 13.2 Å². The van der Waals surface area contributed by atoms with Crippen LogP contribution in [0.15, 0.2) is 48.7 Å². The van der Waals surface area contributed by atoms with Gasteiger partial charge in [0.1, 0.15) is 0 Å². The third-order valence-corrected chi connectivity index (χ3v) is 2.63. The summed E-state index contributed by atoms with van der Waals surface area (Å²) in [5, 5.41) is 3.13. The Morgan fingerprint density at radius 2 is 1.68 bits per heavy atom. The van der Waals surface area contributed by atoms with Crippen LogP contribution in [-0.2, 0) is 19.3 Å². The smallest absolute Gasteiger partial charge is 0.307 e. The fourth-order valence-corrected chi connectivity index (χ4v) is 1.63. The third-order valence-electron chi connectivity index (χ3n) is 2.63. The first kappa shape index (κ1) is 13.5. The summed E-state index contributed by atoms with van der Waals surface area (Å²) in [5.74, 6) is 0. The maximum Gasteiger partial charge on any atom is 0.417 e. The molecule has 0 unspecified atom stereocenters. The third kappa shape index (κ3) is 4.06. The van der Waals surface area contributed by atoms with E-state index >= 15 is 0 Å². The maximum absolute atomic E-state index is 12.3. The van der Waals surface area contributed by atoms with Crippen LogP contribution >= 0.6 is 0 Å². The number of halogens is 3. The van der Waals surface area contributed by atoms with Crippen molar-refractivity contribution in [2.75, 3.05) is 0 Å². The Balaban J connectivity index is 1.87. The fourth-order valence-electron chi connectivity index (χ4n) is 1.63. The number of pyridine rings is 1. The fraction of sp³-hybridized carbons (Fsp3) is 0.214. The van der Waals surface area contributed by atoms with Gasteiger partial charge in [-0.3, -0.25) is 4.98 Å². The molecule has 0 aliphatic rings. The van der Waals surface area contributed by atoms with Crippen LogP contribution in [0, 0.1) is 0 Å². The molecule has 0 fully saturated rings. The van der Waals surface area contributed by atoms with Crippen molar-refractivity contribution < 1.29 is 13.2 Å². The highest BCUT2D eigenvalue weighted by Crippen LogP contribution is 2.28. The van der Waals surface area contributed by atoms with Crippen molar-refractivity contribution >= 4 is 0 Å². The molecular formula is C14H13F3N2. The van der Waals surface area contributed by atoms with Crippen LogP contribution in [0.3, 0.4) is 0 Å². The zero-order chi connectivity index (χ0) is 13.7. The Kier molecular flexibility index (Phi) is 4.16. The van der Waals surface area contributed by atoms with Crippen LogP contribution in [0.1, 0.15) is 16.8 Å². The second-order valence-corrected chi connectivity index (χ2v) is 4.13. The molecule has 2 rings (SSSR count). The number of nitrogens with zero attached hydrogens (tertiary/aromatic N) is 1. The summed E-state index contributed by atoms with van der Waals surface area (Å²) in [7, 11) is 0. The summed E-state index contributed by atoms with van der Waals surface area (Å²) in [6.45, 7) is 1.09. The van der Waals surface area contributed by atoms with Gasteiger partial charge in [-0.1, -0.05) is 30.3 Å². The molecule has 1 N–H and O–H groups in total. The number of benzene rings is 1. The Morgan fingerprint density at radius 3 is 2.26 bits per heavy atom. The van der Waals surface area contributed by atoms with Gasteiger partial charge in [0.25, 0.3) is 0 Å². The van der Waals surface area contributed by atoms with E-state index in [0.29, 0.717) is 18.8 Å². The van der Waals surface area contributed by atoms with E-state index in [1.54, 1.807) is 0 Å². The van der Waals surface area contributed by atoms with Crippen molar-refractivity contribution in [2.24, 2.45) is 0 Å². The molecule has 19 heavy (non-hydrogen) atoms. The van der Waals surface area contributed by atoms with Crippen molar-refractivity contribution in [3.63, 3.8) is 0 Å². The largest absolute Gasteiger partial charge is 0.417 e. The van der Waals surface area contributed by atoms with E-state index in [-0.39, 0.29) is 0 Å². The zero-order valence-electron chi connectivity index (χ0n) is 10.1. The zero-order valence-corrected chi connectivity index (χ0v) is 10.1. The molecule has 100 valence electrons. The second kappa shape index (κ2) is 5.84. The summed E-state index contributed by atoms with van der Waals surface area (Å²) in [6, 6.07) is 12.2. The Morgan fingerprint density at radius 1 is 0.947 bits per heavy atom. The van der Waals surface area contributed by atoms with Gasteiger partial charge in [-0.05, 0) is 17.7 Å². The predicted molar refractivity (Wildman–Crippen MR) is 66.2 cm³/mol. The number of hydrogen-bond acceptors (Lipinski definition) is 2. The molecule has 1 heterocycles. The van der Waals surface area contributed by atoms with Crippen LogP contribution in [0.2, 0.25) is 0 Å². The van der Waals surface area contributed by atoms with Gasteiger partial charge < -0.3 is 5.32 Å². The molecule has 0 saturated heterocycles. The molecule has 2 aromatic rings. The van der Waals surface area contributed by atoms with Gasteiger partial charge in [-0.15, -0.1) is 0 Å². The highest BCUT2D eigenvalue weighted by molar-refractivity contribution is 5.17. The standard InChI is InChI=1S/C14H13F3N2/c15-14(16,17)12-6-7-13(19-9-12)10-18-8-11-4-2-1-3-5-11/h1-7,9,18H,8,10H2. The molecule has 0 aliphatic carbocycles. The summed E-state index contributed by atoms with van der Waals surface area (Å²) in [4.78, 5) is 3.79. The normalized spacial score (nSPS) is 11.5. The molecule has 5 heteroatoms. The van der Waals surface area contributed by atoms with Gasteiger partial charge in [0.05, 0.1) is 11.3 Å². The highest BCUT2D eigenvalue weighted by atomic mass is 19.4. The van der Waals surface area contributed by atoms with Gasteiger partial charge in [0, 0.05) is 19.3 Å². The quantitative estimate of drug-likeness (QED) is 0.917. The minimum atomic E-state index is -4.33. The van der Waals surface area contributed by atoms with Crippen molar-refractivity contribution in [3.05, 3.63) is 65.5 Å². The van der Waals surface area contributed by atoms with Crippen molar-refractivity contribution in [2.45, 2.75) is 19.3 Å². The van der Waals surface area contributed by atoms with Crippen LogP contribution in [-0.4, -0.2) is 4.98 Å². The van der Waals surface area contributed by atoms with Crippen LogP contribution in [0.4, 0.5) is 13.2 Å². The maximum atomic E-state index is 12.3. The van der Waals surface area contributed by atoms with E-state index < -0.39 is 11.7 Å². The van der Waals surface area contributed by atoms with E-state index in [4.69, 9.17) is 0 Å². The lowest BCUT2D eigenvalue weighted by molar-refractivity contribution is -0.137. The van der Waals surface area contributed by atoms with Gasteiger partial charge in [0.2, 0.25) is 0 Å².